The van der Waals surface area contributed by atoms with Crippen molar-refractivity contribution in [3.05, 3.63) is 24.3 Å². The van der Waals surface area contributed by atoms with Gasteiger partial charge in [-0.1, -0.05) is 12.2 Å². The molecule has 0 aliphatic carbocycles. The van der Waals surface area contributed by atoms with E-state index in [9.17, 15) is 0 Å². The Morgan fingerprint density at radius 3 is 2.35 bits per heavy atom. The molecule has 2 N–H and O–H groups in total. The van der Waals surface area contributed by atoms with Crippen LogP contribution in [0, 0.1) is 0 Å². The zero-order valence-electron chi connectivity index (χ0n) is 12.2. The molecule has 4 nitrogen and oxygen atoms in total. The number of ether oxygens (including phenoxy) is 1. The minimum absolute atomic E-state index is 0.436. The van der Waals surface area contributed by atoms with Gasteiger partial charge in [0.05, 0.1) is 12.1 Å². The number of anilines is 1. The first-order valence-electron chi connectivity index (χ1n) is 7.01. The Balaban J connectivity index is 1.88. The molecule has 110 valence electrons. The summed E-state index contributed by atoms with van der Waals surface area (Å²) < 4.78 is 5.19. The second kappa shape index (κ2) is 6.90. The normalized spacial score (nSPS) is 17.8. The van der Waals surface area contributed by atoms with Crippen LogP contribution in [-0.4, -0.2) is 49.2 Å². The number of piperazine rings is 1. The minimum Gasteiger partial charge on any atom is -0.497 e. The third kappa shape index (κ3) is 3.84. The van der Waals surface area contributed by atoms with Crippen LogP contribution in [0.4, 0.5) is 5.69 Å². The lowest BCUT2D eigenvalue weighted by atomic mass is 10.1. The second-order valence-electron chi connectivity index (χ2n) is 5.24. The maximum Gasteiger partial charge on any atom is 0.119 e. The smallest absolute Gasteiger partial charge is 0.119 e. The van der Waals surface area contributed by atoms with Gasteiger partial charge in [-0.3, -0.25) is 4.90 Å². The van der Waals surface area contributed by atoms with Gasteiger partial charge in [0, 0.05) is 44.3 Å². The monoisotopic (exact) mass is 293 g/mol. The van der Waals surface area contributed by atoms with E-state index in [0.717, 1.165) is 38.3 Å². The van der Waals surface area contributed by atoms with Gasteiger partial charge >= 0.3 is 0 Å². The highest BCUT2D eigenvalue weighted by atomic mass is 32.1. The Bertz CT molecular complexity index is 441. The molecule has 1 saturated heterocycles. The van der Waals surface area contributed by atoms with Crippen molar-refractivity contribution in [2.24, 2.45) is 5.73 Å². The number of nitrogens with two attached hydrogens (primary N) is 1. The van der Waals surface area contributed by atoms with Crippen LogP contribution in [-0.2, 0) is 0 Å². The highest BCUT2D eigenvalue weighted by Crippen LogP contribution is 2.21. The van der Waals surface area contributed by atoms with Gasteiger partial charge in [0.15, 0.2) is 0 Å². The molecule has 20 heavy (non-hydrogen) atoms. The lowest BCUT2D eigenvalue weighted by Gasteiger charge is -2.39. The molecule has 1 atom stereocenters. The number of hydrogen-bond donors (Lipinski definition) is 1. The van der Waals surface area contributed by atoms with Gasteiger partial charge in [0.25, 0.3) is 0 Å². The predicted molar refractivity (Wildman–Crippen MR) is 87.6 cm³/mol. The third-order valence-corrected chi connectivity index (χ3v) is 4.04. The van der Waals surface area contributed by atoms with Crippen molar-refractivity contribution < 1.29 is 4.74 Å². The van der Waals surface area contributed by atoms with Crippen LogP contribution >= 0.6 is 12.2 Å². The first-order valence-corrected chi connectivity index (χ1v) is 7.42. The summed E-state index contributed by atoms with van der Waals surface area (Å²) in [5.74, 6) is 0.900. The van der Waals surface area contributed by atoms with E-state index >= 15 is 0 Å². The Morgan fingerprint density at radius 1 is 1.25 bits per heavy atom. The average Bonchev–Trinajstić information content (AvgIpc) is 2.47. The number of methoxy groups -OCH3 is 1. The van der Waals surface area contributed by atoms with E-state index in [2.05, 4.69) is 28.9 Å². The van der Waals surface area contributed by atoms with E-state index in [4.69, 9.17) is 22.7 Å². The number of hydrogen-bond acceptors (Lipinski definition) is 4. The van der Waals surface area contributed by atoms with Gasteiger partial charge in [0.2, 0.25) is 0 Å². The minimum atomic E-state index is 0.436. The highest BCUT2D eigenvalue weighted by Gasteiger charge is 2.21. The SMILES string of the molecule is COc1ccc(N2CCN(C(C)CC(N)=S)CC2)cc1. The molecule has 1 aliphatic rings. The lowest BCUT2D eigenvalue weighted by molar-refractivity contribution is 0.201. The molecule has 1 aromatic rings. The van der Waals surface area contributed by atoms with E-state index in [0.29, 0.717) is 11.0 Å². The first kappa shape index (κ1) is 15.1. The molecule has 1 unspecified atom stereocenters. The summed E-state index contributed by atoms with van der Waals surface area (Å²) in [6.07, 6.45) is 0.803. The molecular weight excluding hydrogens is 270 g/mol. The van der Waals surface area contributed by atoms with Crippen molar-refractivity contribution in [1.29, 1.82) is 0 Å². The summed E-state index contributed by atoms with van der Waals surface area (Å²) in [4.78, 5) is 5.47. The van der Waals surface area contributed by atoms with Gasteiger partial charge in [-0.25, -0.2) is 0 Å². The molecule has 1 heterocycles. The fourth-order valence-corrected chi connectivity index (χ4v) is 2.88. The zero-order chi connectivity index (χ0) is 14.5. The van der Waals surface area contributed by atoms with Gasteiger partial charge in [0.1, 0.15) is 5.75 Å². The molecule has 0 amide bonds. The standard InChI is InChI=1S/C15H23N3OS/c1-12(11-15(16)20)17-7-9-18(10-8-17)13-3-5-14(19-2)6-4-13/h3-6,12H,7-11H2,1-2H3,(H2,16,20). The van der Waals surface area contributed by atoms with Crippen LogP contribution in [0.15, 0.2) is 24.3 Å². The van der Waals surface area contributed by atoms with Crippen molar-refractivity contribution in [3.63, 3.8) is 0 Å². The van der Waals surface area contributed by atoms with Crippen molar-refractivity contribution in [1.82, 2.24) is 4.90 Å². The van der Waals surface area contributed by atoms with Crippen LogP contribution < -0.4 is 15.4 Å². The number of thiocarbonyl (C=S) groups is 1. The van der Waals surface area contributed by atoms with E-state index in [-0.39, 0.29) is 0 Å². The van der Waals surface area contributed by atoms with Gasteiger partial charge in [-0.2, -0.15) is 0 Å². The van der Waals surface area contributed by atoms with Gasteiger partial charge in [-0.15, -0.1) is 0 Å². The van der Waals surface area contributed by atoms with Crippen molar-refractivity contribution in [2.75, 3.05) is 38.2 Å². The number of nitrogens with zero attached hydrogens (tertiary/aromatic N) is 2. The van der Waals surface area contributed by atoms with Crippen molar-refractivity contribution >= 4 is 22.9 Å². The number of benzene rings is 1. The Labute approximate surface area is 126 Å². The fourth-order valence-electron chi connectivity index (χ4n) is 2.63. The molecule has 1 fully saturated rings. The summed E-state index contributed by atoms with van der Waals surface area (Å²) >= 11 is 4.99. The molecule has 0 aromatic heterocycles. The first-order chi connectivity index (χ1) is 9.60. The largest absolute Gasteiger partial charge is 0.497 e. The van der Waals surface area contributed by atoms with E-state index in [1.54, 1.807) is 7.11 Å². The van der Waals surface area contributed by atoms with Crippen molar-refractivity contribution in [2.45, 2.75) is 19.4 Å². The van der Waals surface area contributed by atoms with Gasteiger partial charge < -0.3 is 15.4 Å². The van der Waals surface area contributed by atoms with E-state index in [1.807, 2.05) is 12.1 Å². The Kier molecular flexibility index (Phi) is 5.20. The van der Waals surface area contributed by atoms with E-state index < -0.39 is 0 Å². The average molecular weight is 293 g/mol. The molecule has 1 aromatic carbocycles. The number of rotatable bonds is 5. The maximum absolute atomic E-state index is 5.63. The predicted octanol–water partition coefficient (Wildman–Crippen LogP) is 1.88. The molecule has 0 saturated carbocycles. The molecule has 2 rings (SSSR count). The molecule has 5 heteroatoms. The summed E-state index contributed by atoms with van der Waals surface area (Å²) in [5.41, 5.74) is 6.89. The zero-order valence-corrected chi connectivity index (χ0v) is 13.0. The van der Waals surface area contributed by atoms with Crippen LogP contribution in [0.2, 0.25) is 0 Å². The lowest BCUT2D eigenvalue weighted by Crippen LogP contribution is -2.50. The van der Waals surface area contributed by atoms with Crippen LogP contribution in [0.25, 0.3) is 0 Å². The molecular formula is C15H23N3OS. The quantitative estimate of drug-likeness (QED) is 0.840. The topological polar surface area (TPSA) is 41.7 Å². The molecule has 1 aliphatic heterocycles. The van der Waals surface area contributed by atoms with E-state index in [1.165, 1.54) is 5.69 Å². The summed E-state index contributed by atoms with van der Waals surface area (Å²) in [6.45, 7) is 6.37. The summed E-state index contributed by atoms with van der Waals surface area (Å²) in [6, 6.07) is 8.69. The Morgan fingerprint density at radius 2 is 1.85 bits per heavy atom. The molecule has 0 radical (unpaired) electrons. The van der Waals surface area contributed by atoms with Crippen LogP contribution in [0.3, 0.4) is 0 Å². The molecule has 0 bridgehead atoms. The van der Waals surface area contributed by atoms with Crippen LogP contribution in [0.1, 0.15) is 13.3 Å². The summed E-state index contributed by atoms with van der Waals surface area (Å²) in [5, 5.41) is 0. The van der Waals surface area contributed by atoms with Crippen LogP contribution in [0.5, 0.6) is 5.75 Å². The highest BCUT2D eigenvalue weighted by molar-refractivity contribution is 7.80. The second-order valence-corrected chi connectivity index (χ2v) is 5.76. The van der Waals surface area contributed by atoms with Crippen molar-refractivity contribution in [3.8, 4) is 5.75 Å². The summed E-state index contributed by atoms with van der Waals surface area (Å²) in [7, 11) is 1.69. The third-order valence-electron chi connectivity index (χ3n) is 3.87. The maximum atomic E-state index is 5.63. The van der Waals surface area contributed by atoms with Gasteiger partial charge in [-0.05, 0) is 31.2 Å². The Hall–Kier alpha value is -1.33. The molecule has 0 spiro atoms. The fraction of sp³-hybridized carbons (Fsp3) is 0.533.